The van der Waals surface area contributed by atoms with E-state index in [-0.39, 0.29) is 0 Å². The summed E-state index contributed by atoms with van der Waals surface area (Å²) in [4.78, 5) is 4.69. The molecule has 0 radical (unpaired) electrons. The number of nitrogens with two attached hydrogens (primary N) is 1. The van der Waals surface area contributed by atoms with Gasteiger partial charge in [0.2, 0.25) is 0 Å². The molecule has 0 spiro atoms. The summed E-state index contributed by atoms with van der Waals surface area (Å²) >= 11 is 0. The van der Waals surface area contributed by atoms with Gasteiger partial charge in [-0.25, -0.2) is 0 Å². The van der Waals surface area contributed by atoms with Crippen LogP contribution in [-0.4, -0.2) is 18.6 Å². The number of methoxy groups -OCH3 is 1. The van der Waals surface area contributed by atoms with Crippen LogP contribution in [0.25, 0.3) is 10.9 Å². The van der Waals surface area contributed by atoms with Crippen LogP contribution in [0.2, 0.25) is 0 Å². The lowest BCUT2D eigenvalue weighted by molar-refractivity contribution is 0.415. The van der Waals surface area contributed by atoms with Crippen molar-refractivity contribution in [2.24, 2.45) is 11.7 Å². The van der Waals surface area contributed by atoms with Gasteiger partial charge >= 0.3 is 0 Å². The number of nitrogens with zero attached hydrogens (tertiary/aromatic N) is 1. The molecule has 0 bridgehead atoms. The molecule has 2 rings (SSSR count). The average Bonchev–Trinajstić information content (AvgIpc) is 2.38. The Morgan fingerprint density at radius 3 is 2.78 bits per heavy atom. The van der Waals surface area contributed by atoms with Crippen molar-refractivity contribution in [1.29, 1.82) is 0 Å². The first-order chi connectivity index (χ1) is 8.63. The van der Waals surface area contributed by atoms with Gasteiger partial charge < -0.3 is 10.5 Å². The minimum Gasteiger partial charge on any atom is -0.497 e. The predicted molar refractivity (Wildman–Crippen MR) is 75.0 cm³/mol. The van der Waals surface area contributed by atoms with Crippen molar-refractivity contribution >= 4 is 10.9 Å². The number of hydrogen-bond acceptors (Lipinski definition) is 3. The van der Waals surface area contributed by atoms with Crippen molar-refractivity contribution < 1.29 is 4.74 Å². The average molecular weight is 244 g/mol. The van der Waals surface area contributed by atoms with E-state index in [1.165, 1.54) is 5.56 Å². The zero-order valence-corrected chi connectivity index (χ0v) is 11.2. The summed E-state index contributed by atoms with van der Waals surface area (Å²) in [6.07, 6.45) is 0.930. The van der Waals surface area contributed by atoms with Gasteiger partial charge in [0.05, 0.1) is 12.6 Å². The summed E-state index contributed by atoms with van der Waals surface area (Å²) in [6.45, 7) is 4.96. The number of ether oxygens (including phenoxy) is 1. The van der Waals surface area contributed by atoms with E-state index in [9.17, 15) is 0 Å². The van der Waals surface area contributed by atoms with E-state index in [1.54, 1.807) is 7.11 Å². The van der Waals surface area contributed by atoms with Gasteiger partial charge in [0.25, 0.3) is 0 Å². The number of benzene rings is 1. The summed E-state index contributed by atoms with van der Waals surface area (Å²) < 4.78 is 5.25. The van der Waals surface area contributed by atoms with Crippen molar-refractivity contribution in [3.63, 3.8) is 0 Å². The summed E-state index contributed by atoms with van der Waals surface area (Å²) in [5.41, 5.74) is 9.04. The highest BCUT2D eigenvalue weighted by Gasteiger charge is 2.07. The van der Waals surface area contributed by atoms with Crippen LogP contribution < -0.4 is 10.5 Å². The Bertz CT molecular complexity index is 551. The monoisotopic (exact) mass is 244 g/mol. The minimum absolute atomic E-state index is 0.465. The molecule has 2 aromatic rings. The van der Waals surface area contributed by atoms with Gasteiger partial charge in [-0.2, -0.15) is 0 Å². The summed E-state index contributed by atoms with van der Waals surface area (Å²) in [6, 6.07) is 8.14. The predicted octanol–water partition coefficient (Wildman–Crippen LogP) is 2.69. The third-order valence-corrected chi connectivity index (χ3v) is 3.24. The molecule has 3 heteroatoms. The van der Waals surface area contributed by atoms with E-state index in [4.69, 9.17) is 10.5 Å². The molecule has 2 N–H and O–H groups in total. The second-order valence-electron chi connectivity index (χ2n) is 4.86. The molecule has 1 unspecified atom stereocenters. The van der Waals surface area contributed by atoms with Crippen LogP contribution in [0.15, 0.2) is 24.3 Å². The number of pyridine rings is 1. The summed E-state index contributed by atoms with van der Waals surface area (Å²) in [7, 11) is 1.68. The largest absolute Gasteiger partial charge is 0.497 e. The third-order valence-electron chi connectivity index (χ3n) is 3.24. The fraction of sp³-hybridized carbons (Fsp3) is 0.400. The third kappa shape index (κ3) is 2.62. The summed E-state index contributed by atoms with van der Waals surface area (Å²) in [5, 5.41) is 1.15. The first kappa shape index (κ1) is 12.8. The van der Waals surface area contributed by atoms with Gasteiger partial charge in [-0.3, -0.25) is 4.98 Å². The lowest BCUT2D eigenvalue weighted by Crippen LogP contribution is -2.14. The van der Waals surface area contributed by atoms with Gasteiger partial charge in [0, 0.05) is 11.1 Å². The molecule has 0 aliphatic rings. The molecule has 1 atom stereocenters. The van der Waals surface area contributed by atoms with E-state index >= 15 is 0 Å². The first-order valence-electron chi connectivity index (χ1n) is 6.28. The lowest BCUT2D eigenvalue weighted by Gasteiger charge is -2.11. The van der Waals surface area contributed by atoms with Gasteiger partial charge in [0.1, 0.15) is 5.75 Å². The van der Waals surface area contributed by atoms with E-state index < -0.39 is 0 Å². The maximum Gasteiger partial charge on any atom is 0.119 e. The van der Waals surface area contributed by atoms with Crippen molar-refractivity contribution in [3.8, 4) is 5.75 Å². The minimum atomic E-state index is 0.465. The number of fused-ring (bicyclic) bond motifs is 1. The first-order valence-corrected chi connectivity index (χ1v) is 6.28. The molecule has 18 heavy (non-hydrogen) atoms. The molecule has 1 aromatic heterocycles. The Morgan fingerprint density at radius 2 is 2.11 bits per heavy atom. The Balaban J connectivity index is 2.43. The van der Waals surface area contributed by atoms with E-state index in [1.807, 2.05) is 18.2 Å². The standard InChI is InChI=1S/C15H20N2O/c1-10(9-16)6-12-7-11(2)14-8-13(18-3)4-5-15(14)17-12/h4-5,7-8,10H,6,9,16H2,1-3H3. The van der Waals surface area contributed by atoms with E-state index in [0.717, 1.165) is 28.8 Å². The fourth-order valence-corrected chi connectivity index (χ4v) is 2.12. The quantitative estimate of drug-likeness (QED) is 0.899. The van der Waals surface area contributed by atoms with Crippen LogP contribution in [0.4, 0.5) is 0 Å². The molecular formula is C15H20N2O. The van der Waals surface area contributed by atoms with Gasteiger partial charge in [-0.1, -0.05) is 6.92 Å². The Morgan fingerprint density at radius 1 is 1.33 bits per heavy atom. The van der Waals surface area contributed by atoms with Crippen LogP contribution in [0.1, 0.15) is 18.2 Å². The fourth-order valence-electron chi connectivity index (χ4n) is 2.12. The molecule has 0 saturated carbocycles. The van der Waals surface area contributed by atoms with Crippen LogP contribution in [-0.2, 0) is 6.42 Å². The van der Waals surface area contributed by atoms with Crippen molar-refractivity contribution in [1.82, 2.24) is 4.98 Å². The highest BCUT2D eigenvalue weighted by atomic mass is 16.5. The molecule has 0 amide bonds. The maximum atomic E-state index is 5.66. The normalized spacial score (nSPS) is 12.7. The smallest absolute Gasteiger partial charge is 0.119 e. The Kier molecular flexibility index (Phi) is 3.82. The molecular weight excluding hydrogens is 224 g/mol. The molecule has 0 saturated heterocycles. The van der Waals surface area contributed by atoms with E-state index in [0.29, 0.717) is 12.5 Å². The molecule has 0 fully saturated rings. The molecule has 96 valence electrons. The number of rotatable bonds is 4. The highest BCUT2D eigenvalue weighted by Crippen LogP contribution is 2.23. The van der Waals surface area contributed by atoms with Crippen LogP contribution in [0, 0.1) is 12.8 Å². The zero-order chi connectivity index (χ0) is 13.1. The second kappa shape index (κ2) is 5.36. The second-order valence-corrected chi connectivity index (χ2v) is 4.86. The van der Waals surface area contributed by atoms with Gasteiger partial charge in [-0.05, 0) is 55.6 Å². The summed E-state index contributed by atoms with van der Waals surface area (Å²) in [5.74, 6) is 1.34. The highest BCUT2D eigenvalue weighted by molar-refractivity contribution is 5.83. The Hall–Kier alpha value is -1.61. The lowest BCUT2D eigenvalue weighted by atomic mass is 10.0. The molecule has 0 aliphatic heterocycles. The van der Waals surface area contributed by atoms with Crippen molar-refractivity contribution in [3.05, 3.63) is 35.5 Å². The van der Waals surface area contributed by atoms with Crippen LogP contribution >= 0.6 is 0 Å². The maximum absolute atomic E-state index is 5.66. The number of hydrogen-bond donors (Lipinski definition) is 1. The van der Waals surface area contributed by atoms with Gasteiger partial charge in [0.15, 0.2) is 0 Å². The van der Waals surface area contributed by atoms with Gasteiger partial charge in [-0.15, -0.1) is 0 Å². The Labute approximate surface area is 108 Å². The van der Waals surface area contributed by atoms with Crippen molar-refractivity contribution in [2.75, 3.05) is 13.7 Å². The van der Waals surface area contributed by atoms with E-state index in [2.05, 4.69) is 24.9 Å². The number of aromatic nitrogens is 1. The molecule has 3 nitrogen and oxygen atoms in total. The number of aryl methyl sites for hydroxylation is 1. The SMILES string of the molecule is COc1ccc2nc(CC(C)CN)cc(C)c2c1. The molecule has 1 heterocycles. The van der Waals surface area contributed by atoms with Crippen LogP contribution in [0.3, 0.4) is 0 Å². The van der Waals surface area contributed by atoms with Crippen molar-refractivity contribution in [2.45, 2.75) is 20.3 Å². The molecule has 0 aliphatic carbocycles. The molecule has 1 aromatic carbocycles. The topological polar surface area (TPSA) is 48.1 Å². The van der Waals surface area contributed by atoms with Crippen LogP contribution in [0.5, 0.6) is 5.75 Å². The zero-order valence-electron chi connectivity index (χ0n) is 11.2.